The minimum atomic E-state index is -0.216. The SMILES string of the molecule is CN(C)c1nc(NC2CCC(NC(=O)COc3c(Cl)cc(Cl)cc3Cl)CC2)nc2ccccc12. The Morgan fingerprint density at radius 2 is 1.68 bits per heavy atom. The number of anilines is 2. The molecule has 0 aliphatic heterocycles. The largest absolute Gasteiger partial charge is 0.481 e. The number of aromatic nitrogens is 2. The maximum absolute atomic E-state index is 12.4. The Labute approximate surface area is 213 Å². The molecule has 1 fully saturated rings. The van der Waals surface area contributed by atoms with E-state index in [9.17, 15) is 4.79 Å². The molecule has 4 rings (SSSR count). The van der Waals surface area contributed by atoms with E-state index in [0.29, 0.717) is 11.0 Å². The summed E-state index contributed by atoms with van der Waals surface area (Å²) < 4.78 is 5.52. The van der Waals surface area contributed by atoms with Gasteiger partial charge in [-0.15, -0.1) is 0 Å². The lowest BCUT2D eigenvalue weighted by Gasteiger charge is -2.30. The zero-order valence-corrected chi connectivity index (χ0v) is 21.2. The predicted octanol–water partition coefficient (Wildman–Crippen LogP) is 5.57. The van der Waals surface area contributed by atoms with Gasteiger partial charge >= 0.3 is 0 Å². The topological polar surface area (TPSA) is 79.4 Å². The van der Waals surface area contributed by atoms with Gasteiger partial charge in [0.25, 0.3) is 5.91 Å². The van der Waals surface area contributed by atoms with Crippen LogP contribution in [-0.4, -0.2) is 48.7 Å². The molecule has 1 heterocycles. The summed E-state index contributed by atoms with van der Waals surface area (Å²) in [4.78, 5) is 23.8. The fraction of sp³-hybridized carbons (Fsp3) is 0.375. The van der Waals surface area contributed by atoms with Gasteiger partial charge in [0.2, 0.25) is 5.95 Å². The molecule has 1 aliphatic rings. The minimum absolute atomic E-state index is 0.0835. The number of carbonyl (C=O) groups excluding carboxylic acids is 1. The quantitative estimate of drug-likeness (QED) is 0.422. The van der Waals surface area contributed by atoms with Gasteiger partial charge in [0.15, 0.2) is 12.4 Å². The second-order valence-corrected chi connectivity index (χ2v) is 9.78. The molecule has 0 saturated heterocycles. The molecule has 7 nitrogen and oxygen atoms in total. The lowest BCUT2D eigenvalue weighted by Crippen LogP contribution is -2.42. The van der Waals surface area contributed by atoms with Crippen molar-refractivity contribution in [3.8, 4) is 5.75 Å². The molecular weight excluding hydrogens is 497 g/mol. The second kappa shape index (κ2) is 10.8. The van der Waals surface area contributed by atoms with Gasteiger partial charge in [0.1, 0.15) is 5.82 Å². The minimum Gasteiger partial charge on any atom is -0.481 e. The molecule has 0 bridgehead atoms. The highest BCUT2D eigenvalue weighted by atomic mass is 35.5. The molecule has 0 spiro atoms. The van der Waals surface area contributed by atoms with Crippen LogP contribution in [0.15, 0.2) is 36.4 Å². The fourth-order valence-corrected chi connectivity index (χ4v) is 5.03. The van der Waals surface area contributed by atoms with Crippen molar-refractivity contribution in [2.45, 2.75) is 37.8 Å². The third-order valence-electron chi connectivity index (χ3n) is 5.74. The molecular formula is C24H26Cl3N5O2. The highest BCUT2D eigenvalue weighted by Gasteiger charge is 2.24. The Balaban J connectivity index is 1.29. The maximum atomic E-state index is 12.4. The van der Waals surface area contributed by atoms with E-state index in [1.807, 2.05) is 43.3 Å². The highest BCUT2D eigenvalue weighted by molar-refractivity contribution is 6.40. The van der Waals surface area contributed by atoms with Gasteiger partial charge in [-0.2, -0.15) is 4.98 Å². The summed E-state index contributed by atoms with van der Waals surface area (Å²) in [6.45, 7) is -0.169. The monoisotopic (exact) mass is 521 g/mol. The number of para-hydroxylation sites is 1. The normalized spacial score (nSPS) is 17.9. The Hall–Kier alpha value is -2.48. The smallest absolute Gasteiger partial charge is 0.258 e. The Bertz CT molecular complexity index is 1160. The van der Waals surface area contributed by atoms with Crippen molar-refractivity contribution in [3.63, 3.8) is 0 Å². The van der Waals surface area contributed by atoms with Crippen LogP contribution < -0.4 is 20.3 Å². The number of hydrogen-bond donors (Lipinski definition) is 2. The van der Waals surface area contributed by atoms with E-state index in [2.05, 4.69) is 15.6 Å². The van der Waals surface area contributed by atoms with Gasteiger partial charge in [0, 0.05) is 36.6 Å². The van der Waals surface area contributed by atoms with Gasteiger partial charge in [0.05, 0.1) is 15.6 Å². The molecule has 0 atom stereocenters. The van der Waals surface area contributed by atoms with Crippen LogP contribution in [0.2, 0.25) is 15.1 Å². The number of fused-ring (bicyclic) bond motifs is 1. The Kier molecular flexibility index (Phi) is 7.86. The van der Waals surface area contributed by atoms with Crippen LogP contribution in [0.1, 0.15) is 25.7 Å². The summed E-state index contributed by atoms with van der Waals surface area (Å²) in [5, 5.41) is 8.47. The summed E-state index contributed by atoms with van der Waals surface area (Å²) >= 11 is 18.1. The van der Waals surface area contributed by atoms with Crippen LogP contribution in [0, 0.1) is 0 Å². The zero-order chi connectivity index (χ0) is 24.2. The molecule has 1 amide bonds. The third kappa shape index (κ3) is 5.95. The molecule has 2 aromatic carbocycles. The number of halogens is 3. The summed E-state index contributed by atoms with van der Waals surface area (Å²) in [5.74, 6) is 1.55. The van der Waals surface area contributed by atoms with Crippen molar-refractivity contribution < 1.29 is 9.53 Å². The number of ether oxygens (including phenoxy) is 1. The van der Waals surface area contributed by atoms with Crippen molar-refractivity contribution in [2.24, 2.45) is 0 Å². The molecule has 0 unspecified atom stereocenters. The van der Waals surface area contributed by atoms with Gasteiger partial charge in [-0.3, -0.25) is 4.79 Å². The number of benzene rings is 2. The molecule has 1 aliphatic carbocycles. The van der Waals surface area contributed by atoms with Crippen LogP contribution in [0.3, 0.4) is 0 Å². The van der Waals surface area contributed by atoms with E-state index in [-0.39, 0.29) is 40.4 Å². The number of nitrogens with zero attached hydrogens (tertiary/aromatic N) is 3. The summed E-state index contributed by atoms with van der Waals surface area (Å²) in [6.07, 6.45) is 3.49. The number of amides is 1. The van der Waals surface area contributed by atoms with Crippen LogP contribution in [0.5, 0.6) is 5.75 Å². The second-order valence-electron chi connectivity index (χ2n) is 8.53. The van der Waals surface area contributed by atoms with Crippen LogP contribution in [0.25, 0.3) is 10.9 Å². The van der Waals surface area contributed by atoms with Crippen LogP contribution in [-0.2, 0) is 4.79 Å². The molecule has 10 heteroatoms. The van der Waals surface area contributed by atoms with Crippen LogP contribution >= 0.6 is 34.8 Å². The first-order valence-electron chi connectivity index (χ1n) is 11.1. The summed E-state index contributed by atoms with van der Waals surface area (Å²) in [7, 11) is 3.95. The van der Waals surface area contributed by atoms with E-state index in [0.717, 1.165) is 42.4 Å². The third-order valence-corrected chi connectivity index (χ3v) is 6.52. The molecule has 1 aromatic heterocycles. The maximum Gasteiger partial charge on any atom is 0.258 e. The van der Waals surface area contributed by atoms with Crippen LogP contribution in [0.4, 0.5) is 11.8 Å². The van der Waals surface area contributed by atoms with E-state index >= 15 is 0 Å². The van der Waals surface area contributed by atoms with E-state index in [4.69, 9.17) is 44.5 Å². The first-order valence-corrected chi connectivity index (χ1v) is 12.2. The first kappa shape index (κ1) is 24.6. The number of rotatable bonds is 7. The molecule has 2 N–H and O–H groups in total. The van der Waals surface area contributed by atoms with Gasteiger partial charge in [-0.25, -0.2) is 4.98 Å². The van der Waals surface area contributed by atoms with E-state index < -0.39 is 0 Å². The molecule has 3 aromatic rings. The molecule has 180 valence electrons. The average Bonchev–Trinajstić information content (AvgIpc) is 2.79. The van der Waals surface area contributed by atoms with E-state index in [1.165, 1.54) is 12.1 Å². The predicted molar refractivity (Wildman–Crippen MR) is 139 cm³/mol. The van der Waals surface area contributed by atoms with Crippen molar-refractivity contribution in [3.05, 3.63) is 51.5 Å². The highest BCUT2D eigenvalue weighted by Crippen LogP contribution is 2.35. The summed E-state index contributed by atoms with van der Waals surface area (Å²) in [6, 6.07) is 11.4. The Morgan fingerprint density at radius 1 is 1.03 bits per heavy atom. The standard InChI is InChI=1S/C24H26Cl3N5O2/c1-32(2)23-17-5-3-4-6-20(17)30-24(31-23)29-16-9-7-15(8-10-16)28-21(33)13-34-22-18(26)11-14(25)12-19(22)27/h3-6,11-12,15-16H,7-10,13H2,1-2H3,(H,28,33)(H,29,30,31). The van der Waals surface area contributed by atoms with E-state index in [1.54, 1.807) is 0 Å². The van der Waals surface area contributed by atoms with Crippen molar-refractivity contribution >= 4 is 63.4 Å². The lowest BCUT2D eigenvalue weighted by molar-refractivity contribution is -0.124. The van der Waals surface area contributed by atoms with Crippen molar-refractivity contribution in [2.75, 3.05) is 30.9 Å². The average molecular weight is 523 g/mol. The van der Waals surface area contributed by atoms with Gasteiger partial charge in [-0.1, -0.05) is 46.9 Å². The molecule has 1 saturated carbocycles. The van der Waals surface area contributed by atoms with Crippen molar-refractivity contribution in [1.29, 1.82) is 0 Å². The lowest BCUT2D eigenvalue weighted by atomic mass is 9.91. The van der Waals surface area contributed by atoms with Gasteiger partial charge < -0.3 is 20.3 Å². The first-order chi connectivity index (χ1) is 16.3. The molecule has 0 radical (unpaired) electrons. The fourth-order valence-electron chi connectivity index (χ4n) is 4.10. The molecule has 34 heavy (non-hydrogen) atoms. The van der Waals surface area contributed by atoms with Gasteiger partial charge in [-0.05, 0) is 49.9 Å². The Morgan fingerprint density at radius 3 is 2.35 bits per heavy atom. The van der Waals surface area contributed by atoms with Crippen molar-refractivity contribution in [1.82, 2.24) is 15.3 Å². The summed E-state index contributed by atoms with van der Waals surface area (Å²) in [5.41, 5.74) is 0.908. The zero-order valence-electron chi connectivity index (χ0n) is 18.9. The number of nitrogens with one attached hydrogen (secondary N) is 2. The number of carbonyl (C=O) groups is 1. The number of hydrogen-bond acceptors (Lipinski definition) is 6.